The van der Waals surface area contributed by atoms with Crippen molar-refractivity contribution in [2.24, 2.45) is 0 Å². The molecule has 1 aliphatic heterocycles. The number of hydrogen-bond donors (Lipinski definition) is 1. The van der Waals surface area contributed by atoms with Crippen LogP contribution in [0.15, 0.2) is 16.5 Å². The maximum atomic E-state index is 5.76. The lowest BCUT2D eigenvalue weighted by Crippen LogP contribution is -2.45. The van der Waals surface area contributed by atoms with Gasteiger partial charge >= 0.3 is 0 Å². The van der Waals surface area contributed by atoms with E-state index < -0.39 is 0 Å². The van der Waals surface area contributed by atoms with E-state index in [4.69, 9.17) is 4.42 Å². The normalized spacial score (nSPS) is 18.7. The van der Waals surface area contributed by atoms with Crippen molar-refractivity contribution in [1.82, 2.24) is 15.1 Å². The summed E-state index contributed by atoms with van der Waals surface area (Å²) in [7, 11) is 1.94. The van der Waals surface area contributed by atoms with Crippen LogP contribution in [0.25, 0.3) is 0 Å². The van der Waals surface area contributed by atoms with Crippen molar-refractivity contribution in [1.29, 1.82) is 0 Å². The highest BCUT2D eigenvalue weighted by Crippen LogP contribution is 2.12. The highest BCUT2D eigenvalue weighted by Gasteiger charge is 2.16. The van der Waals surface area contributed by atoms with Crippen LogP contribution in [-0.2, 0) is 13.1 Å². The first-order valence-corrected chi connectivity index (χ1v) is 6.48. The van der Waals surface area contributed by atoms with E-state index >= 15 is 0 Å². The van der Waals surface area contributed by atoms with Crippen molar-refractivity contribution >= 4 is 0 Å². The van der Waals surface area contributed by atoms with Crippen molar-refractivity contribution in [2.45, 2.75) is 20.0 Å². The van der Waals surface area contributed by atoms with E-state index in [1.165, 1.54) is 19.6 Å². The van der Waals surface area contributed by atoms with Crippen molar-refractivity contribution in [3.8, 4) is 0 Å². The third-order valence-corrected chi connectivity index (χ3v) is 3.36. The van der Waals surface area contributed by atoms with Crippen LogP contribution < -0.4 is 5.32 Å². The predicted octanol–water partition coefficient (Wildman–Crippen LogP) is 1.14. The smallest absolute Gasteiger partial charge is 0.118 e. The molecular formula is C13H23N3O. The van der Waals surface area contributed by atoms with Crippen LogP contribution in [0.5, 0.6) is 0 Å². The molecule has 0 atom stereocenters. The van der Waals surface area contributed by atoms with Crippen LogP contribution in [0.3, 0.4) is 0 Å². The maximum Gasteiger partial charge on any atom is 0.118 e. The van der Waals surface area contributed by atoms with Gasteiger partial charge in [0.2, 0.25) is 0 Å². The average molecular weight is 237 g/mol. The first-order chi connectivity index (χ1) is 8.31. The summed E-state index contributed by atoms with van der Waals surface area (Å²) < 4.78 is 5.76. The van der Waals surface area contributed by atoms with Crippen LogP contribution in [0.4, 0.5) is 0 Å². The van der Waals surface area contributed by atoms with E-state index in [0.29, 0.717) is 0 Å². The van der Waals surface area contributed by atoms with E-state index in [1.807, 2.05) is 7.05 Å². The summed E-state index contributed by atoms with van der Waals surface area (Å²) in [5.74, 6) is 2.11. The summed E-state index contributed by atoms with van der Waals surface area (Å²) >= 11 is 0. The first kappa shape index (κ1) is 12.6. The summed E-state index contributed by atoms with van der Waals surface area (Å²) in [4.78, 5) is 4.96. The molecule has 2 rings (SSSR count). The molecule has 0 spiro atoms. The molecular weight excluding hydrogens is 214 g/mol. The third-order valence-electron chi connectivity index (χ3n) is 3.36. The van der Waals surface area contributed by atoms with Gasteiger partial charge in [0.1, 0.15) is 11.5 Å². The summed E-state index contributed by atoms with van der Waals surface area (Å²) in [6.07, 6.45) is 0. The summed E-state index contributed by atoms with van der Waals surface area (Å²) in [5.41, 5.74) is 0. The minimum Gasteiger partial charge on any atom is -0.463 e. The van der Waals surface area contributed by atoms with Gasteiger partial charge in [-0.05, 0) is 25.7 Å². The standard InChI is InChI=1S/C13H23N3O/c1-3-15-6-8-16(9-7-15)11-13-5-4-12(17-13)10-14-2/h4-5,14H,3,6-11H2,1-2H3. The largest absolute Gasteiger partial charge is 0.463 e. The summed E-state index contributed by atoms with van der Waals surface area (Å²) in [6, 6.07) is 4.16. The Balaban J connectivity index is 1.80. The SMILES string of the molecule is CCN1CCN(Cc2ccc(CNC)o2)CC1. The highest BCUT2D eigenvalue weighted by atomic mass is 16.3. The fourth-order valence-electron chi connectivity index (χ4n) is 2.26. The van der Waals surface area contributed by atoms with Gasteiger partial charge in [-0.1, -0.05) is 6.92 Å². The molecule has 2 heterocycles. The maximum absolute atomic E-state index is 5.76. The van der Waals surface area contributed by atoms with Crippen LogP contribution in [0.2, 0.25) is 0 Å². The Morgan fingerprint density at radius 3 is 2.41 bits per heavy atom. The second kappa shape index (κ2) is 6.19. The zero-order valence-corrected chi connectivity index (χ0v) is 10.9. The molecule has 0 aliphatic carbocycles. The fraction of sp³-hybridized carbons (Fsp3) is 0.692. The van der Waals surface area contributed by atoms with Crippen LogP contribution in [-0.4, -0.2) is 49.6 Å². The Morgan fingerprint density at radius 2 is 1.76 bits per heavy atom. The fourth-order valence-corrected chi connectivity index (χ4v) is 2.26. The number of piperazine rings is 1. The van der Waals surface area contributed by atoms with Gasteiger partial charge in [0.05, 0.1) is 13.1 Å². The van der Waals surface area contributed by atoms with Gasteiger partial charge < -0.3 is 14.6 Å². The third kappa shape index (κ3) is 3.56. The molecule has 0 amide bonds. The van der Waals surface area contributed by atoms with Gasteiger partial charge in [0, 0.05) is 26.2 Å². The van der Waals surface area contributed by atoms with Crippen molar-refractivity contribution in [3.63, 3.8) is 0 Å². The summed E-state index contributed by atoms with van der Waals surface area (Å²) in [5, 5.41) is 3.10. The molecule has 1 fully saturated rings. The Bertz CT molecular complexity index is 329. The zero-order chi connectivity index (χ0) is 12.1. The van der Waals surface area contributed by atoms with E-state index in [2.05, 4.69) is 34.2 Å². The van der Waals surface area contributed by atoms with Crippen LogP contribution in [0, 0.1) is 0 Å². The van der Waals surface area contributed by atoms with Crippen molar-refractivity contribution < 1.29 is 4.42 Å². The van der Waals surface area contributed by atoms with Gasteiger partial charge in [0.25, 0.3) is 0 Å². The molecule has 0 bridgehead atoms. The average Bonchev–Trinajstić information content (AvgIpc) is 2.78. The predicted molar refractivity (Wildman–Crippen MR) is 68.9 cm³/mol. The molecule has 4 nitrogen and oxygen atoms in total. The molecule has 0 saturated carbocycles. The van der Waals surface area contributed by atoms with E-state index in [0.717, 1.165) is 37.7 Å². The molecule has 17 heavy (non-hydrogen) atoms. The molecule has 96 valence electrons. The Kier molecular flexibility index (Phi) is 4.59. The minimum absolute atomic E-state index is 0.809. The second-order valence-corrected chi connectivity index (χ2v) is 4.61. The number of likely N-dealkylation sites (N-methyl/N-ethyl adjacent to an activating group) is 1. The summed E-state index contributed by atoms with van der Waals surface area (Å²) in [6.45, 7) is 9.81. The lowest BCUT2D eigenvalue weighted by molar-refractivity contribution is 0.125. The van der Waals surface area contributed by atoms with Gasteiger partial charge in [-0.15, -0.1) is 0 Å². The molecule has 0 aromatic carbocycles. The van der Waals surface area contributed by atoms with Gasteiger partial charge in [0.15, 0.2) is 0 Å². The Labute approximate surface area is 104 Å². The Hall–Kier alpha value is -0.840. The van der Waals surface area contributed by atoms with E-state index in [1.54, 1.807) is 0 Å². The lowest BCUT2D eigenvalue weighted by Gasteiger charge is -2.33. The number of furan rings is 1. The number of nitrogens with one attached hydrogen (secondary N) is 1. The molecule has 1 aromatic rings. The topological polar surface area (TPSA) is 31.6 Å². The molecule has 1 saturated heterocycles. The van der Waals surface area contributed by atoms with Crippen molar-refractivity contribution in [3.05, 3.63) is 23.7 Å². The lowest BCUT2D eigenvalue weighted by atomic mass is 10.3. The first-order valence-electron chi connectivity index (χ1n) is 6.48. The zero-order valence-electron chi connectivity index (χ0n) is 10.9. The monoisotopic (exact) mass is 237 g/mol. The molecule has 1 N–H and O–H groups in total. The minimum atomic E-state index is 0.809. The Morgan fingerprint density at radius 1 is 1.12 bits per heavy atom. The number of rotatable bonds is 5. The van der Waals surface area contributed by atoms with E-state index in [-0.39, 0.29) is 0 Å². The quantitative estimate of drug-likeness (QED) is 0.832. The molecule has 0 unspecified atom stereocenters. The molecule has 4 heteroatoms. The molecule has 1 aromatic heterocycles. The second-order valence-electron chi connectivity index (χ2n) is 4.61. The van der Waals surface area contributed by atoms with Gasteiger partial charge in [-0.25, -0.2) is 0 Å². The van der Waals surface area contributed by atoms with Gasteiger partial charge in [-0.2, -0.15) is 0 Å². The molecule has 1 aliphatic rings. The van der Waals surface area contributed by atoms with E-state index in [9.17, 15) is 0 Å². The van der Waals surface area contributed by atoms with Crippen molar-refractivity contribution in [2.75, 3.05) is 39.8 Å². The van der Waals surface area contributed by atoms with Gasteiger partial charge in [-0.3, -0.25) is 4.90 Å². The molecule has 0 radical (unpaired) electrons. The van der Waals surface area contributed by atoms with Crippen LogP contribution >= 0.6 is 0 Å². The number of nitrogens with zero attached hydrogens (tertiary/aromatic N) is 2. The highest BCUT2D eigenvalue weighted by molar-refractivity contribution is 5.07. The number of hydrogen-bond acceptors (Lipinski definition) is 4. The van der Waals surface area contributed by atoms with Crippen LogP contribution in [0.1, 0.15) is 18.4 Å².